The molecule has 9 heteroatoms. The molecule has 0 spiro atoms. The summed E-state index contributed by atoms with van der Waals surface area (Å²) in [4.78, 5) is 25.2. The van der Waals surface area contributed by atoms with E-state index in [2.05, 4.69) is 0 Å². The first-order valence-electron chi connectivity index (χ1n) is 7.57. The largest absolute Gasteiger partial charge is 0.477 e. The fourth-order valence-corrected chi connectivity index (χ4v) is 5.93. The molecule has 0 aliphatic carbocycles. The van der Waals surface area contributed by atoms with Gasteiger partial charge in [0.15, 0.2) is 5.70 Å². The summed E-state index contributed by atoms with van der Waals surface area (Å²) in [6.45, 7) is 1.80. The van der Waals surface area contributed by atoms with Gasteiger partial charge in [-0.05, 0) is 24.1 Å². The summed E-state index contributed by atoms with van der Waals surface area (Å²) in [6.07, 6.45) is -0.300. The maximum atomic E-state index is 12.3. The Bertz CT molecular complexity index is 771. The number of halogens is 2. The molecule has 1 saturated heterocycles. The van der Waals surface area contributed by atoms with Crippen molar-refractivity contribution in [1.82, 2.24) is 4.90 Å². The molecule has 1 aromatic carbocycles. The van der Waals surface area contributed by atoms with Crippen molar-refractivity contribution in [2.75, 3.05) is 0 Å². The van der Waals surface area contributed by atoms with Crippen molar-refractivity contribution in [2.45, 2.75) is 30.6 Å². The lowest BCUT2D eigenvalue weighted by molar-refractivity contribution is -0.157. The number of nitrogens with zero attached hydrogens (tertiary/aromatic N) is 1. The second-order valence-corrected chi connectivity index (χ2v) is 8.88. The number of aliphatic hydroxyl groups is 1. The number of carboxylic acids is 1. The van der Waals surface area contributed by atoms with Crippen LogP contribution in [0.1, 0.15) is 18.9 Å². The predicted octanol–water partition coefficient (Wildman–Crippen LogP) is 3.78. The van der Waals surface area contributed by atoms with Gasteiger partial charge in [-0.1, -0.05) is 48.0 Å². The number of aliphatic carboxylic acids is 1. The molecular weight excluding hydrogens is 405 g/mol. The summed E-state index contributed by atoms with van der Waals surface area (Å²) in [5.74, 6) is -1.50. The van der Waals surface area contributed by atoms with Crippen LogP contribution >= 0.6 is 46.7 Å². The average Bonchev–Trinajstić information content (AvgIpc) is 2.90. The van der Waals surface area contributed by atoms with Gasteiger partial charge >= 0.3 is 5.97 Å². The summed E-state index contributed by atoms with van der Waals surface area (Å²) >= 11 is 14.6. The van der Waals surface area contributed by atoms with Gasteiger partial charge in [0.05, 0.1) is 26.3 Å². The molecule has 0 radical (unpaired) electrons. The quantitative estimate of drug-likeness (QED) is 0.682. The van der Waals surface area contributed by atoms with E-state index in [1.807, 2.05) is 6.07 Å². The number of hydrogen-bond donors (Lipinski definition) is 2. The maximum Gasteiger partial charge on any atom is 0.354 e. The third kappa shape index (κ3) is 3.40. The SMILES string of the molecule is CC[C@H](O)[C@@H]1C(=O)N2C(C(=O)O)=C(SCc3ccc(Cl)c(Cl)c3)S[C@H]12. The maximum absolute atomic E-state index is 12.3. The Morgan fingerprint density at radius 3 is 2.72 bits per heavy atom. The highest BCUT2D eigenvalue weighted by molar-refractivity contribution is 8.22. The number of hydrogen-bond acceptors (Lipinski definition) is 5. The molecule has 0 bridgehead atoms. The lowest BCUT2D eigenvalue weighted by Gasteiger charge is -2.44. The second-order valence-electron chi connectivity index (χ2n) is 5.70. The Hall–Kier alpha value is -0.860. The second kappa shape index (κ2) is 7.40. The fraction of sp³-hybridized carbons (Fsp3) is 0.375. The van der Waals surface area contributed by atoms with Crippen LogP contribution in [-0.2, 0) is 15.3 Å². The lowest BCUT2D eigenvalue weighted by atomic mass is 9.90. The zero-order valence-electron chi connectivity index (χ0n) is 13.1. The molecule has 3 atom stereocenters. The number of carboxylic acid groups (broad SMARTS) is 1. The van der Waals surface area contributed by atoms with Gasteiger partial charge in [0.25, 0.3) is 0 Å². The molecule has 1 amide bonds. The Balaban J connectivity index is 1.77. The molecule has 25 heavy (non-hydrogen) atoms. The van der Waals surface area contributed by atoms with Gasteiger partial charge in [-0.25, -0.2) is 4.79 Å². The number of carbonyl (C=O) groups is 2. The van der Waals surface area contributed by atoms with Crippen molar-refractivity contribution in [2.24, 2.45) is 5.92 Å². The Morgan fingerprint density at radius 1 is 1.40 bits per heavy atom. The zero-order chi connectivity index (χ0) is 18.3. The molecule has 0 saturated carbocycles. The van der Waals surface area contributed by atoms with Crippen LogP contribution in [0.15, 0.2) is 28.1 Å². The minimum absolute atomic E-state index is 0.00427. The van der Waals surface area contributed by atoms with Crippen LogP contribution in [0.25, 0.3) is 0 Å². The van der Waals surface area contributed by atoms with Crippen LogP contribution in [0.4, 0.5) is 0 Å². The standard InChI is InChI=1S/C16H15Cl2NO4S2/c1-2-10(20)11-13(21)19-12(15(22)23)16(25-14(11)19)24-6-7-3-4-8(17)9(18)5-7/h3-5,10-11,14,20H,2,6H2,1H3,(H,22,23)/t10-,11+,14+/m0/s1. The number of benzene rings is 1. The van der Waals surface area contributed by atoms with Crippen LogP contribution in [0.5, 0.6) is 0 Å². The van der Waals surface area contributed by atoms with Gasteiger partial charge in [0, 0.05) is 5.75 Å². The number of amides is 1. The van der Waals surface area contributed by atoms with Gasteiger partial charge in [-0.15, -0.1) is 11.8 Å². The van der Waals surface area contributed by atoms with Crippen molar-refractivity contribution in [3.05, 3.63) is 43.7 Å². The molecule has 134 valence electrons. The fourth-order valence-electron chi connectivity index (χ4n) is 2.79. The minimum atomic E-state index is -1.13. The van der Waals surface area contributed by atoms with E-state index in [0.29, 0.717) is 26.5 Å². The first kappa shape index (κ1) is 18.9. The average molecular weight is 420 g/mol. The molecule has 5 nitrogen and oxygen atoms in total. The summed E-state index contributed by atoms with van der Waals surface area (Å²) in [7, 11) is 0. The number of thioether (sulfide) groups is 2. The topological polar surface area (TPSA) is 77.8 Å². The third-order valence-electron chi connectivity index (χ3n) is 4.14. The van der Waals surface area contributed by atoms with Crippen molar-refractivity contribution in [3.63, 3.8) is 0 Å². The van der Waals surface area contributed by atoms with Gasteiger partial charge in [-0.2, -0.15) is 0 Å². The van der Waals surface area contributed by atoms with Gasteiger partial charge in [0.2, 0.25) is 5.91 Å². The first-order chi connectivity index (χ1) is 11.8. The first-order valence-corrected chi connectivity index (χ1v) is 10.2. The highest BCUT2D eigenvalue weighted by Crippen LogP contribution is 2.54. The molecule has 2 heterocycles. The number of carbonyl (C=O) groups excluding carboxylic acids is 1. The van der Waals surface area contributed by atoms with E-state index in [1.165, 1.54) is 28.4 Å². The number of aliphatic hydroxyl groups excluding tert-OH is 1. The molecule has 0 aromatic heterocycles. The smallest absolute Gasteiger partial charge is 0.354 e. The van der Waals surface area contributed by atoms with Crippen LogP contribution in [0, 0.1) is 5.92 Å². The van der Waals surface area contributed by atoms with Crippen LogP contribution < -0.4 is 0 Å². The van der Waals surface area contributed by atoms with Crippen molar-refractivity contribution >= 4 is 58.6 Å². The van der Waals surface area contributed by atoms with E-state index in [4.69, 9.17) is 23.2 Å². The highest BCUT2D eigenvalue weighted by atomic mass is 35.5. The highest BCUT2D eigenvalue weighted by Gasteiger charge is 2.58. The van der Waals surface area contributed by atoms with Gasteiger partial charge in [0.1, 0.15) is 5.37 Å². The van der Waals surface area contributed by atoms with Gasteiger partial charge < -0.3 is 10.2 Å². The normalized spacial score (nSPS) is 23.5. The van der Waals surface area contributed by atoms with E-state index in [1.54, 1.807) is 19.1 Å². The lowest BCUT2D eigenvalue weighted by Crippen LogP contribution is -2.61. The summed E-state index contributed by atoms with van der Waals surface area (Å²) < 4.78 is 0.572. The van der Waals surface area contributed by atoms with Crippen molar-refractivity contribution < 1.29 is 19.8 Å². The molecule has 3 rings (SSSR count). The van der Waals surface area contributed by atoms with E-state index in [-0.39, 0.29) is 17.0 Å². The molecule has 0 unspecified atom stereocenters. The predicted molar refractivity (Wildman–Crippen MR) is 100 cm³/mol. The molecule has 1 fully saturated rings. The number of β-lactam (4-membered cyclic amide) rings is 1. The van der Waals surface area contributed by atoms with Crippen molar-refractivity contribution in [3.8, 4) is 0 Å². The number of rotatable bonds is 6. The summed E-state index contributed by atoms with van der Waals surface area (Å²) in [6, 6.07) is 5.26. The monoisotopic (exact) mass is 419 g/mol. The van der Waals surface area contributed by atoms with Gasteiger partial charge in [-0.3, -0.25) is 9.69 Å². The summed E-state index contributed by atoms with van der Waals surface area (Å²) in [5.41, 5.74) is 0.910. The minimum Gasteiger partial charge on any atom is -0.477 e. The van der Waals surface area contributed by atoms with Crippen LogP contribution in [0.3, 0.4) is 0 Å². The molecule has 2 aliphatic heterocycles. The van der Waals surface area contributed by atoms with E-state index in [0.717, 1.165) is 5.56 Å². The Labute approximate surface area is 163 Å². The Kier molecular flexibility index (Phi) is 5.60. The molecule has 1 aromatic rings. The Morgan fingerprint density at radius 2 is 2.12 bits per heavy atom. The molecule has 2 aliphatic rings. The summed E-state index contributed by atoms with van der Waals surface area (Å²) in [5, 5.41) is 20.1. The molecule has 2 N–H and O–H groups in total. The van der Waals surface area contributed by atoms with E-state index in [9.17, 15) is 19.8 Å². The zero-order valence-corrected chi connectivity index (χ0v) is 16.3. The van der Waals surface area contributed by atoms with Crippen LogP contribution in [0.2, 0.25) is 10.0 Å². The van der Waals surface area contributed by atoms with Crippen molar-refractivity contribution in [1.29, 1.82) is 0 Å². The number of fused-ring (bicyclic) bond motifs is 1. The van der Waals surface area contributed by atoms with E-state index < -0.39 is 18.0 Å². The van der Waals surface area contributed by atoms with Crippen LogP contribution in [-0.4, -0.2) is 38.5 Å². The van der Waals surface area contributed by atoms with E-state index >= 15 is 0 Å². The third-order valence-corrected chi connectivity index (χ3v) is 7.60. The molecular formula is C16H15Cl2NO4S2.